The van der Waals surface area contributed by atoms with Crippen LogP contribution in [0.5, 0.6) is 11.5 Å². The molecule has 2 unspecified atom stereocenters. The van der Waals surface area contributed by atoms with Gasteiger partial charge in [-0.3, -0.25) is 0 Å². The molecule has 0 amide bonds. The zero-order valence-electron chi connectivity index (χ0n) is 11.2. The van der Waals surface area contributed by atoms with Gasteiger partial charge in [0.25, 0.3) is 0 Å². The van der Waals surface area contributed by atoms with Gasteiger partial charge in [-0.25, -0.2) is 4.68 Å². The molecule has 104 valence electrons. The maximum atomic E-state index is 5.68. The highest BCUT2D eigenvalue weighted by Crippen LogP contribution is 2.39. The number of anilines is 1. The third-order valence-electron chi connectivity index (χ3n) is 4.15. The first kappa shape index (κ1) is 11.6. The van der Waals surface area contributed by atoms with Gasteiger partial charge in [0.2, 0.25) is 12.7 Å². The van der Waals surface area contributed by atoms with E-state index in [0.717, 1.165) is 30.3 Å². The van der Waals surface area contributed by atoms with Gasteiger partial charge in [-0.2, -0.15) is 4.98 Å². The molecule has 6 heteroatoms. The summed E-state index contributed by atoms with van der Waals surface area (Å²) in [7, 11) is 0. The molecule has 0 aliphatic carbocycles. The normalized spacial score (nSPS) is 23.6. The molecule has 2 aromatic rings. The van der Waals surface area contributed by atoms with Crippen molar-refractivity contribution in [2.45, 2.75) is 25.8 Å². The third-order valence-corrected chi connectivity index (χ3v) is 4.15. The van der Waals surface area contributed by atoms with Crippen LogP contribution in [-0.2, 0) is 13.0 Å². The van der Waals surface area contributed by atoms with Crippen LogP contribution in [0.15, 0.2) is 18.2 Å². The van der Waals surface area contributed by atoms with E-state index >= 15 is 0 Å². The Kier molecular flexibility index (Phi) is 2.39. The van der Waals surface area contributed by atoms with Crippen LogP contribution in [-0.4, -0.2) is 21.6 Å². The molecule has 0 saturated heterocycles. The number of hydrogen-bond donors (Lipinski definition) is 1. The molecule has 0 radical (unpaired) electrons. The molecule has 2 aliphatic rings. The minimum absolute atomic E-state index is 0.308. The second kappa shape index (κ2) is 4.13. The van der Waals surface area contributed by atoms with Gasteiger partial charge in [0.05, 0.1) is 6.54 Å². The molecular formula is C14H16N4O2. The van der Waals surface area contributed by atoms with Crippen LogP contribution in [0.2, 0.25) is 0 Å². The first-order valence-electron chi connectivity index (χ1n) is 6.79. The molecule has 3 heterocycles. The molecule has 1 aromatic carbocycles. The highest BCUT2D eigenvalue weighted by atomic mass is 16.7. The summed E-state index contributed by atoms with van der Waals surface area (Å²) in [6.07, 6.45) is 0.892. The SMILES string of the molecule is CC1Cc2nc(N)nn2CC1c1ccc2c(c1)OCO2. The van der Waals surface area contributed by atoms with Crippen molar-refractivity contribution in [3.8, 4) is 11.5 Å². The molecule has 0 bridgehead atoms. The molecular weight excluding hydrogens is 256 g/mol. The number of ether oxygens (including phenoxy) is 2. The molecule has 2 atom stereocenters. The van der Waals surface area contributed by atoms with Crippen molar-refractivity contribution >= 4 is 5.95 Å². The zero-order chi connectivity index (χ0) is 13.7. The fourth-order valence-electron chi connectivity index (χ4n) is 3.07. The lowest BCUT2D eigenvalue weighted by atomic mass is 9.83. The summed E-state index contributed by atoms with van der Waals surface area (Å²) in [5, 5.41) is 4.26. The average Bonchev–Trinajstić information content (AvgIpc) is 3.01. The quantitative estimate of drug-likeness (QED) is 0.852. The molecule has 2 aliphatic heterocycles. The van der Waals surface area contributed by atoms with Gasteiger partial charge < -0.3 is 15.2 Å². The van der Waals surface area contributed by atoms with Crippen LogP contribution < -0.4 is 15.2 Å². The zero-order valence-corrected chi connectivity index (χ0v) is 11.2. The molecule has 0 fully saturated rings. The Balaban J connectivity index is 1.68. The summed E-state index contributed by atoms with van der Waals surface area (Å²) in [6, 6.07) is 6.17. The highest BCUT2D eigenvalue weighted by molar-refractivity contribution is 5.45. The maximum Gasteiger partial charge on any atom is 0.239 e. The number of benzene rings is 1. The third kappa shape index (κ3) is 1.71. The van der Waals surface area contributed by atoms with E-state index in [1.807, 2.05) is 10.7 Å². The Morgan fingerprint density at radius 1 is 1.30 bits per heavy atom. The van der Waals surface area contributed by atoms with Crippen LogP contribution in [0.25, 0.3) is 0 Å². The molecule has 4 rings (SSSR count). The Bertz CT molecular complexity index is 667. The summed E-state index contributed by atoms with van der Waals surface area (Å²) < 4.78 is 12.7. The minimum atomic E-state index is 0.308. The topological polar surface area (TPSA) is 75.2 Å². The van der Waals surface area contributed by atoms with Crippen molar-refractivity contribution in [1.29, 1.82) is 0 Å². The summed E-state index contributed by atoms with van der Waals surface area (Å²) in [5.74, 6) is 3.87. The fourth-order valence-corrected chi connectivity index (χ4v) is 3.07. The number of aromatic nitrogens is 3. The Morgan fingerprint density at radius 2 is 2.15 bits per heavy atom. The van der Waals surface area contributed by atoms with E-state index in [0.29, 0.717) is 24.6 Å². The molecule has 6 nitrogen and oxygen atoms in total. The number of nitrogens with zero attached hydrogens (tertiary/aromatic N) is 3. The van der Waals surface area contributed by atoms with Crippen LogP contribution >= 0.6 is 0 Å². The highest BCUT2D eigenvalue weighted by Gasteiger charge is 2.29. The van der Waals surface area contributed by atoms with Gasteiger partial charge in [0.15, 0.2) is 11.5 Å². The van der Waals surface area contributed by atoms with Crippen molar-refractivity contribution in [2.75, 3.05) is 12.5 Å². The number of rotatable bonds is 1. The van der Waals surface area contributed by atoms with E-state index in [1.165, 1.54) is 5.56 Å². The average molecular weight is 272 g/mol. The molecule has 0 saturated carbocycles. The van der Waals surface area contributed by atoms with Crippen LogP contribution in [0.1, 0.15) is 24.2 Å². The fraction of sp³-hybridized carbons (Fsp3) is 0.429. The van der Waals surface area contributed by atoms with Crippen molar-refractivity contribution < 1.29 is 9.47 Å². The van der Waals surface area contributed by atoms with Gasteiger partial charge in [0, 0.05) is 12.3 Å². The maximum absolute atomic E-state index is 5.68. The number of hydrogen-bond acceptors (Lipinski definition) is 5. The predicted octanol–water partition coefficient (Wildman–Crippen LogP) is 1.56. The summed E-state index contributed by atoms with van der Waals surface area (Å²) >= 11 is 0. The lowest BCUT2D eigenvalue weighted by Gasteiger charge is -2.29. The van der Waals surface area contributed by atoms with Crippen LogP contribution in [0, 0.1) is 5.92 Å². The number of nitrogen functional groups attached to an aromatic ring is 1. The number of nitrogens with two attached hydrogens (primary N) is 1. The second-order valence-electron chi connectivity index (χ2n) is 5.47. The van der Waals surface area contributed by atoms with E-state index < -0.39 is 0 Å². The molecule has 2 N–H and O–H groups in total. The summed E-state index contributed by atoms with van der Waals surface area (Å²) in [5.41, 5.74) is 6.93. The number of fused-ring (bicyclic) bond motifs is 2. The van der Waals surface area contributed by atoms with Crippen molar-refractivity contribution in [2.24, 2.45) is 5.92 Å². The van der Waals surface area contributed by atoms with Crippen LogP contribution in [0.4, 0.5) is 5.95 Å². The Labute approximate surface area is 116 Å². The lowest BCUT2D eigenvalue weighted by Crippen LogP contribution is -2.27. The van der Waals surface area contributed by atoms with Gasteiger partial charge >= 0.3 is 0 Å². The van der Waals surface area contributed by atoms with Crippen LogP contribution in [0.3, 0.4) is 0 Å². The van der Waals surface area contributed by atoms with E-state index in [9.17, 15) is 0 Å². The van der Waals surface area contributed by atoms with Crippen molar-refractivity contribution in [1.82, 2.24) is 14.8 Å². The van der Waals surface area contributed by atoms with Gasteiger partial charge in [0.1, 0.15) is 5.82 Å². The first-order valence-corrected chi connectivity index (χ1v) is 6.79. The monoisotopic (exact) mass is 272 g/mol. The Morgan fingerprint density at radius 3 is 3.05 bits per heavy atom. The molecule has 20 heavy (non-hydrogen) atoms. The standard InChI is InChI=1S/C14H16N4O2/c1-8-4-13-16-14(15)17-18(13)6-10(8)9-2-3-11-12(5-9)20-7-19-11/h2-3,5,8,10H,4,6-7H2,1H3,(H2,15,17). The van der Waals surface area contributed by atoms with E-state index in [1.54, 1.807) is 0 Å². The minimum Gasteiger partial charge on any atom is -0.454 e. The van der Waals surface area contributed by atoms with E-state index in [4.69, 9.17) is 15.2 Å². The van der Waals surface area contributed by atoms with Gasteiger partial charge in [-0.05, 0) is 23.6 Å². The van der Waals surface area contributed by atoms with Crippen molar-refractivity contribution in [3.05, 3.63) is 29.6 Å². The smallest absolute Gasteiger partial charge is 0.239 e. The molecule has 1 aromatic heterocycles. The van der Waals surface area contributed by atoms with Gasteiger partial charge in [-0.15, -0.1) is 5.10 Å². The first-order chi connectivity index (χ1) is 9.70. The summed E-state index contributed by atoms with van der Waals surface area (Å²) in [4.78, 5) is 4.27. The lowest BCUT2D eigenvalue weighted by molar-refractivity contribution is 0.174. The largest absolute Gasteiger partial charge is 0.454 e. The second-order valence-corrected chi connectivity index (χ2v) is 5.47. The van der Waals surface area contributed by atoms with Gasteiger partial charge in [-0.1, -0.05) is 13.0 Å². The molecule has 0 spiro atoms. The van der Waals surface area contributed by atoms with E-state index in [-0.39, 0.29) is 0 Å². The Hall–Kier alpha value is -2.24. The predicted molar refractivity (Wildman–Crippen MR) is 72.6 cm³/mol. The van der Waals surface area contributed by atoms with Crippen molar-refractivity contribution in [3.63, 3.8) is 0 Å². The summed E-state index contributed by atoms with van der Waals surface area (Å²) in [6.45, 7) is 3.35. The van der Waals surface area contributed by atoms with E-state index in [2.05, 4.69) is 29.1 Å².